The highest BCUT2D eigenvalue weighted by atomic mass is 32.2. The van der Waals surface area contributed by atoms with Crippen molar-refractivity contribution >= 4 is 10.0 Å². The fraction of sp³-hybridized carbons (Fsp3) is 0.100. The molecule has 4 rings (SSSR count). The van der Waals surface area contributed by atoms with Gasteiger partial charge in [-0.15, -0.1) is 0 Å². The topological polar surface area (TPSA) is 98.2 Å². The fourth-order valence-electron chi connectivity index (χ4n) is 2.72. The molecule has 0 bridgehead atoms. The molecule has 3 aromatic heterocycles. The summed E-state index contributed by atoms with van der Waals surface area (Å²) >= 11 is 0. The van der Waals surface area contributed by atoms with Crippen LogP contribution in [0.4, 0.5) is 0 Å². The minimum atomic E-state index is -3.66. The fourth-order valence-corrected chi connectivity index (χ4v) is 3.74. The Morgan fingerprint density at radius 3 is 2.54 bits per heavy atom. The van der Waals surface area contributed by atoms with Crippen molar-refractivity contribution in [3.63, 3.8) is 0 Å². The molecule has 1 aromatic carbocycles. The first-order valence-electron chi connectivity index (χ1n) is 8.51. The van der Waals surface area contributed by atoms with Crippen LogP contribution < -0.4 is 4.72 Å². The van der Waals surface area contributed by atoms with Gasteiger partial charge >= 0.3 is 0 Å². The summed E-state index contributed by atoms with van der Waals surface area (Å²) in [5.41, 5.74) is 2.96. The lowest BCUT2D eigenvalue weighted by Gasteiger charge is -2.08. The third-order valence-corrected chi connectivity index (χ3v) is 5.56. The molecule has 0 aliphatic carbocycles. The van der Waals surface area contributed by atoms with E-state index in [1.807, 2.05) is 12.1 Å². The number of aryl methyl sites for hydroxylation is 1. The Morgan fingerprint density at radius 2 is 1.86 bits per heavy atom. The second-order valence-electron chi connectivity index (χ2n) is 6.16. The summed E-state index contributed by atoms with van der Waals surface area (Å²) in [4.78, 5) is 8.56. The number of benzene rings is 1. The lowest BCUT2D eigenvalue weighted by molar-refractivity contribution is 0.521. The minimum Gasteiger partial charge on any atom is -0.464 e. The molecule has 4 aromatic rings. The van der Waals surface area contributed by atoms with E-state index in [1.165, 1.54) is 6.26 Å². The maximum Gasteiger partial charge on any atom is 0.240 e. The molecule has 0 unspecified atom stereocenters. The lowest BCUT2D eigenvalue weighted by atomic mass is 10.2. The summed E-state index contributed by atoms with van der Waals surface area (Å²) in [6, 6.07) is 11.9. The molecule has 0 radical (unpaired) electrons. The van der Waals surface area contributed by atoms with Crippen LogP contribution in [0.15, 0.2) is 81.1 Å². The number of hydrogen-bond donors (Lipinski definition) is 1. The highest BCUT2D eigenvalue weighted by Crippen LogP contribution is 2.22. The zero-order valence-electron chi connectivity index (χ0n) is 15.0. The number of furan rings is 1. The zero-order chi connectivity index (χ0) is 19.6. The van der Waals surface area contributed by atoms with Crippen LogP contribution in [0, 0.1) is 6.92 Å². The smallest absolute Gasteiger partial charge is 0.240 e. The monoisotopic (exact) mass is 395 g/mol. The average molecular weight is 395 g/mol. The van der Waals surface area contributed by atoms with Gasteiger partial charge in [0, 0.05) is 37.0 Å². The van der Waals surface area contributed by atoms with E-state index in [4.69, 9.17) is 8.83 Å². The van der Waals surface area contributed by atoms with Crippen LogP contribution in [-0.2, 0) is 16.6 Å². The molecule has 0 atom stereocenters. The van der Waals surface area contributed by atoms with E-state index in [2.05, 4.69) is 14.7 Å². The molecule has 28 heavy (non-hydrogen) atoms. The number of pyridine rings is 1. The van der Waals surface area contributed by atoms with Crippen LogP contribution in [0.3, 0.4) is 0 Å². The van der Waals surface area contributed by atoms with Gasteiger partial charge in [0.2, 0.25) is 10.0 Å². The van der Waals surface area contributed by atoms with E-state index in [0.29, 0.717) is 17.3 Å². The van der Waals surface area contributed by atoms with Gasteiger partial charge in [0.1, 0.15) is 17.7 Å². The van der Waals surface area contributed by atoms with Crippen molar-refractivity contribution in [1.29, 1.82) is 0 Å². The van der Waals surface area contributed by atoms with E-state index in [-0.39, 0.29) is 11.4 Å². The first kappa shape index (κ1) is 18.1. The largest absolute Gasteiger partial charge is 0.464 e. The Kier molecular flexibility index (Phi) is 4.81. The Balaban J connectivity index is 1.48. The molecule has 3 heterocycles. The van der Waals surface area contributed by atoms with Crippen molar-refractivity contribution in [3.8, 4) is 22.6 Å². The van der Waals surface area contributed by atoms with Crippen LogP contribution in [0.1, 0.15) is 11.5 Å². The zero-order valence-corrected chi connectivity index (χ0v) is 15.8. The second kappa shape index (κ2) is 7.41. The maximum absolute atomic E-state index is 12.6. The highest BCUT2D eigenvalue weighted by Gasteiger charge is 2.15. The van der Waals surface area contributed by atoms with Gasteiger partial charge in [-0.25, -0.2) is 18.1 Å². The Morgan fingerprint density at radius 1 is 1.04 bits per heavy atom. The van der Waals surface area contributed by atoms with Gasteiger partial charge in [0.05, 0.1) is 11.2 Å². The minimum absolute atomic E-state index is 0.119. The van der Waals surface area contributed by atoms with E-state index >= 15 is 0 Å². The molecular weight excluding hydrogens is 378 g/mol. The third kappa shape index (κ3) is 3.88. The number of aromatic nitrogens is 2. The second-order valence-corrected chi connectivity index (χ2v) is 7.93. The standard InChI is InChI=1S/C20H17N3O4S/c1-14-23-19(13-27-14)16-4-6-18(7-5-16)28(24,25)22-11-15-9-17(12-21-10-15)20-3-2-8-26-20/h2-10,12-13,22H,11H2,1H3. The summed E-state index contributed by atoms with van der Waals surface area (Å²) < 4.78 is 38.3. The summed E-state index contributed by atoms with van der Waals surface area (Å²) in [7, 11) is -3.66. The molecule has 0 fully saturated rings. The predicted molar refractivity (Wildman–Crippen MR) is 103 cm³/mol. The van der Waals surface area contributed by atoms with Gasteiger partial charge in [-0.05, 0) is 35.9 Å². The van der Waals surface area contributed by atoms with Crippen LogP contribution >= 0.6 is 0 Å². The molecule has 0 saturated heterocycles. The molecule has 0 aliphatic heterocycles. The third-order valence-electron chi connectivity index (χ3n) is 4.15. The summed E-state index contributed by atoms with van der Waals surface area (Å²) in [5, 5.41) is 0. The van der Waals surface area contributed by atoms with Crippen LogP contribution in [0.5, 0.6) is 0 Å². The number of hydrogen-bond acceptors (Lipinski definition) is 6. The van der Waals surface area contributed by atoms with Gasteiger partial charge in [-0.2, -0.15) is 0 Å². The Labute approximate surface area is 162 Å². The van der Waals surface area contributed by atoms with Crippen molar-refractivity contribution in [2.24, 2.45) is 0 Å². The molecule has 0 saturated carbocycles. The van der Waals surface area contributed by atoms with E-state index < -0.39 is 10.0 Å². The number of rotatable bonds is 6. The molecule has 7 nitrogen and oxygen atoms in total. The van der Waals surface area contributed by atoms with E-state index in [1.54, 1.807) is 55.9 Å². The Bertz CT molecular complexity index is 1180. The number of oxazole rings is 1. The molecule has 0 amide bonds. The van der Waals surface area contributed by atoms with Gasteiger partial charge in [-0.3, -0.25) is 4.98 Å². The summed E-state index contributed by atoms with van der Waals surface area (Å²) in [6.07, 6.45) is 6.40. The van der Waals surface area contributed by atoms with Crippen LogP contribution in [0.25, 0.3) is 22.6 Å². The predicted octanol–water partition coefficient (Wildman–Crippen LogP) is 3.78. The van der Waals surface area contributed by atoms with E-state index in [0.717, 1.165) is 16.7 Å². The molecule has 1 N–H and O–H groups in total. The first-order valence-corrected chi connectivity index (χ1v) is 10.00. The van der Waals surface area contributed by atoms with Crippen LogP contribution in [0.2, 0.25) is 0 Å². The lowest BCUT2D eigenvalue weighted by Crippen LogP contribution is -2.23. The molecule has 0 spiro atoms. The van der Waals surface area contributed by atoms with Gasteiger partial charge in [0.15, 0.2) is 5.89 Å². The van der Waals surface area contributed by atoms with Crippen molar-refractivity contribution in [2.45, 2.75) is 18.4 Å². The van der Waals surface area contributed by atoms with Crippen molar-refractivity contribution in [2.75, 3.05) is 0 Å². The van der Waals surface area contributed by atoms with Crippen molar-refractivity contribution < 1.29 is 17.3 Å². The summed E-state index contributed by atoms with van der Waals surface area (Å²) in [5.74, 6) is 1.23. The van der Waals surface area contributed by atoms with Gasteiger partial charge < -0.3 is 8.83 Å². The number of sulfonamides is 1. The SMILES string of the molecule is Cc1nc(-c2ccc(S(=O)(=O)NCc3cncc(-c4ccco4)c3)cc2)co1. The average Bonchev–Trinajstić information content (AvgIpc) is 3.39. The normalized spacial score (nSPS) is 11.6. The van der Waals surface area contributed by atoms with Crippen LogP contribution in [-0.4, -0.2) is 18.4 Å². The first-order chi connectivity index (χ1) is 13.5. The van der Waals surface area contributed by atoms with Gasteiger partial charge in [-0.1, -0.05) is 12.1 Å². The summed E-state index contributed by atoms with van der Waals surface area (Å²) in [6.45, 7) is 1.87. The maximum atomic E-state index is 12.6. The highest BCUT2D eigenvalue weighted by molar-refractivity contribution is 7.89. The molecule has 8 heteroatoms. The van der Waals surface area contributed by atoms with Crippen molar-refractivity contribution in [3.05, 3.63) is 78.8 Å². The number of nitrogens with one attached hydrogen (secondary N) is 1. The van der Waals surface area contributed by atoms with Crippen molar-refractivity contribution in [1.82, 2.24) is 14.7 Å². The molecule has 0 aliphatic rings. The quantitative estimate of drug-likeness (QED) is 0.533. The van der Waals surface area contributed by atoms with Gasteiger partial charge in [0.25, 0.3) is 0 Å². The number of nitrogens with zero attached hydrogens (tertiary/aromatic N) is 2. The van der Waals surface area contributed by atoms with E-state index in [9.17, 15) is 8.42 Å². The molecule has 142 valence electrons. The molecular formula is C20H17N3O4S. The Hall–Kier alpha value is -3.23.